The van der Waals surface area contributed by atoms with E-state index in [1.165, 1.54) is 26.5 Å². The molecule has 1 aliphatic carbocycles. The Hall–Kier alpha value is -3.80. The van der Waals surface area contributed by atoms with E-state index in [4.69, 9.17) is 9.47 Å². The Bertz CT molecular complexity index is 1300. The number of hydrogen-bond donors (Lipinski definition) is 2. The van der Waals surface area contributed by atoms with E-state index in [-0.39, 0.29) is 36.3 Å². The summed E-state index contributed by atoms with van der Waals surface area (Å²) in [5.41, 5.74) is 1.29. The second-order valence-corrected chi connectivity index (χ2v) is 10.6. The average Bonchev–Trinajstić information content (AvgIpc) is 3.61. The van der Waals surface area contributed by atoms with Crippen LogP contribution in [0.5, 0.6) is 5.88 Å². The number of nitrogens with one attached hydrogen (secondary N) is 2. The summed E-state index contributed by atoms with van der Waals surface area (Å²) in [6.45, 7) is 6.26. The van der Waals surface area contributed by atoms with E-state index in [0.717, 1.165) is 31.9 Å². The van der Waals surface area contributed by atoms with Gasteiger partial charge in [0, 0.05) is 31.1 Å². The minimum atomic E-state index is -0.735. The maximum Gasteiger partial charge on any atom is 0.270 e. The Morgan fingerprint density at radius 2 is 1.90 bits per heavy atom. The van der Waals surface area contributed by atoms with Gasteiger partial charge in [0.2, 0.25) is 11.8 Å². The molecule has 3 heterocycles. The van der Waals surface area contributed by atoms with Gasteiger partial charge in [-0.1, -0.05) is 19.8 Å². The van der Waals surface area contributed by atoms with Gasteiger partial charge in [-0.15, -0.1) is 0 Å². The molecule has 2 amide bonds. The van der Waals surface area contributed by atoms with Crippen molar-refractivity contribution >= 4 is 17.5 Å². The molecule has 2 N–H and O–H groups in total. The number of anilines is 1. The molecule has 0 spiro atoms. The van der Waals surface area contributed by atoms with E-state index < -0.39 is 17.9 Å². The van der Waals surface area contributed by atoms with Crippen molar-refractivity contribution in [3.05, 3.63) is 54.0 Å². The molecule has 1 aliphatic rings. The van der Waals surface area contributed by atoms with Crippen LogP contribution in [0.3, 0.4) is 0 Å². The van der Waals surface area contributed by atoms with Crippen LogP contribution in [0.25, 0.3) is 0 Å². The quantitative estimate of drug-likeness (QED) is 0.366. The first-order valence-corrected chi connectivity index (χ1v) is 13.6. The molecule has 1 fully saturated rings. The lowest BCUT2D eigenvalue weighted by Crippen LogP contribution is -2.49. The van der Waals surface area contributed by atoms with Crippen LogP contribution in [0.1, 0.15) is 74.6 Å². The zero-order chi connectivity index (χ0) is 28.8. The summed E-state index contributed by atoms with van der Waals surface area (Å²) < 4.78 is 28.0. The van der Waals surface area contributed by atoms with Gasteiger partial charge in [-0.3, -0.25) is 19.0 Å². The van der Waals surface area contributed by atoms with Crippen LogP contribution in [-0.2, 0) is 9.53 Å². The van der Waals surface area contributed by atoms with Gasteiger partial charge in [0.25, 0.3) is 5.91 Å². The fraction of sp³-hybridized carbons (Fsp3) is 0.536. The first kappa shape index (κ1) is 29.2. The van der Waals surface area contributed by atoms with Gasteiger partial charge in [0.1, 0.15) is 23.6 Å². The number of halogens is 1. The summed E-state index contributed by atoms with van der Waals surface area (Å²) in [4.78, 5) is 30.9. The number of rotatable bonds is 11. The fourth-order valence-electron chi connectivity index (χ4n) is 5.25. The number of carbonyl (C=O) groups is 2. The monoisotopic (exact) mass is 555 g/mol. The van der Waals surface area contributed by atoms with Gasteiger partial charge in [0.15, 0.2) is 0 Å². The maximum absolute atomic E-state index is 14.1. The van der Waals surface area contributed by atoms with E-state index >= 15 is 0 Å². The molecule has 2 atom stereocenters. The summed E-state index contributed by atoms with van der Waals surface area (Å²) in [5.74, 6) is -0.350. The van der Waals surface area contributed by atoms with E-state index in [1.807, 2.05) is 13.8 Å². The van der Waals surface area contributed by atoms with Crippen LogP contribution >= 0.6 is 0 Å². The molecule has 11 nitrogen and oxygen atoms in total. The van der Waals surface area contributed by atoms with Gasteiger partial charge in [-0.2, -0.15) is 10.2 Å². The number of amides is 2. The number of hydrogen-bond acceptors (Lipinski definition) is 7. The van der Waals surface area contributed by atoms with Gasteiger partial charge in [0.05, 0.1) is 31.8 Å². The van der Waals surface area contributed by atoms with E-state index in [0.29, 0.717) is 22.9 Å². The van der Waals surface area contributed by atoms with Crippen LogP contribution < -0.4 is 15.4 Å². The highest BCUT2D eigenvalue weighted by Crippen LogP contribution is 2.32. The molecule has 1 saturated carbocycles. The van der Waals surface area contributed by atoms with Crippen molar-refractivity contribution in [1.29, 1.82) is 0 Å². The molecule has 3 aromatic rings. The molecule has 0 bridgehead atoms. The first-order chi connectivity index (χ1) is 19.2. The minimum absolute atomic E-state index is 0.00337. The summed E-state index contributed by atoms with van der Waals surface area (Å²) >= 11 is 0. The van der Waals surface area contributed by atoms with Crippen molar-refractivity contribution in [1.82, 2.24) is 29.9 Å². The molecule has 3 aromatic heterocycles. The van der Waals surface area contributed by atoms with Crippen molar-refractivity contribution < 1.29 is 23.5 Å². The minimum Gasteiger partial charge on any atom is -0.481 e. The van der Waals surface area contributed by atoms with Crippen molar-refractivity contribution in [3.8, 4) is 5.88 Å². The van der Waals surface area contributed by atoms with Gasteiger partial charge >= 0.3 is 0 Å². The summed E-state index contributed by atoms with van der Waals surface area (Å²) in [6.07, 6.45) is 9.48. The largest absolute Gasteiger partial charge is 0.481 e. The lowest BCUT2D eigenvalue weighted by molar-refractivity contribution is -0.119. The molecule has 4 rings (SSSR count). The molecular weight excluding hydrogens is 517 g/mol. The van der Waals surface area contributed by atoms with Crippen molar-refractivity contribution in [2.75, 3.05) is 26.1 Å². The molecule has 2 unspecified atom stereocenters. The van der Waals surface area contributed by atoms with E-state index in [2.05, 4.69) is 32.7 Å². The summed E-state index contributed by atoms with van der Waals surface area (Å²) in [5, 5.41) is 14.6. The Labute approximate surface area is 233 Å². The lowest BCUT2D eigenvalue weighted by atomic mass is 9.79. The molecule has 40 heavy (non-hydrogen) atoms. The molecule has 0 aromatic carbocycles. The first-order valence-electron chi connectivity index (χ1n) is 13.6. The van der Waals surface area contributed by atoms with E-state index in [1.54, 1.807) is 27.8 Å². The third-order valence-electron chi connectivity index (χ3n) is 7.40. The Kier molecular flexibility index (Phi) is 9.51. The van der Waals surface area contributed by atoms with Crippen LogP contribution in [-0.4, -0.2) is 63.2 Å². The predicted octanol–water partition coefficient (Wildman–Crippen LogP) is 4.00. The van der Waals surface area contributed by atoms with E-state index in [9.17, 15) is 14.0 Å². The van der Waals surface area contributed by atoms with Gasteiger partial charge in [-0.05, 0) is 50.7 Å². The molecule has 216 valence electrons. The van der Waals surface area contributed by atoms with Crippen molar-refractivity contribution in [2.45, 2.75) is 64.6 Å². The highest BCUT2D eigenvalue weighted by molar-refractivity contribution is 6.00. The van der Waals surface area contributed by atoms with Crippen molar-refractivity contribution in [2.24, 2.45) is 11.8 Å². The Morgan fingerprint density at radius 3 is 2.58 bits per heavy atom. The number of ether oxygens (including phenoxy) is 2. The number of pyridine rings is 1. The van der Waals surface area contributed by atoms with Crippen LogP contribution in [0, 0.1) is 17.7 Å². The SMILES string of the molecule is COCC(c1cc(F)cnc1OC)n1cc(NC(=O)C(NC(=O)c2ccnn2C(C)C)C2CCC(C)CC2)cn1. The third-order valence-corrected chi connectivity index (χ3v) is 7.40. The number of methoxy groups -OCH3 is 2. The van der Waals surface area contributed by atoms with Crippen LogP contribution in [0.15, 0.2) is 36.9 Å². The van der Waals surface area contributed by atoms with Crippen LogP contribution in [0.4, 0.5) is 10.1 Å². The van der Waals surface area contributed by atoms with Crippen molar-refractivity contribution in [3.63, 3.8) is 0 Å². The summed E-state index contributed by atoms with van der Waals surface area (Å²) in [6, 6.07) is 1.69. The van der Waals surface area contributed by atoms with Gasteiger partial charge in [-0.25, -0.2) is 9.37 Å². The fourth-order valence-corrected chi connectivity index (χ4v) is 5.25. The average molecular weight is 556 g/mol. The molecule has 0 aliphatic heterocycles. The number of aromatic nitrogens is 5. The second kappa shape index (κ2) is 13.0. The lowest BCUT2D eigenvalue weighted by Gasteiger charge is -2.32. The Balaban J connectivity index is 1.56. The zero-order valence-electron chi connectivity index (χ0n) is 23.6. The second-order valence-electron chi connectivity index (χ2n) is 10.6. The molecular formula is C28H38FN7O4. The highest BCUT2D eigenvalue weighted by Gasteiger charge is 2.34. The maximum atomic E-state index is 14.1. The zero-order valence-corrected chi connectivity index (χ0v) is 23.6. The number of carbonyl (C=O) groups excluding carboxylic acids is 2. The third kappa shape index (κ3) is 6.67. The molecule has 12 heteroatoms. The smallest absolute Gasteiger partial charge is 0.270 e. The predicted molar refractivity (Wildman–Crippen MR) is 147 cm³/mol. The summed E-state index contributed by atoms with van der Waals surface area (Å²) in [7, 11) is 2.98. The highest BCUT2D eigenvalue weighted by atomic mass is 19.1. The van der Waals surface area contributed by atoms with Crippen LogP contribution in [0.2, 0.25) is 0 Å². The van der Waals surface area contributed by atoms with Gasteiger partial charge < -0.3 is 20.1 Å². The standard InChI is InChI=1S/C28H38FN7O4/c1-17(2)36-23(10-11-31-36)26(37)34-25(19-8-6-18(3)7-9-19)27(38)33-21-14-32-35(15-21)24(16-39-4)22-12-20(29)13-30-28(22)40-5/h10-15,17-19,24-25H,6-9,16H2,1-5H3,(H,33,38)(H,34,37). The Morgan fingerprint density at radius 1 is 1.15 bits per heavy atom. The topological polar surface area (TPSA) is 125 Å². The molecule has 0 radical (unpaired) electrons. The molecule has 0 saturated heterocycles. The number of nitrogens with zero attached hydrogens (tertiary/aromatic N) is 5. The normalized spacial score (nSPS) is 18.8.